The third-order valence-electron chi connectivity index (χ3n) is 2.72. The first-order chi connectivity index (χ1) is 8.22. The molecule has 0 amide bonds. The van der Waals surface area contributed by atoms with Crippen molar-refractivity contribution in [3.63, 3.8) is 0 Å². The summed E-state index contributed by atoms with van der Waals surface area (Å²) in [6.45, 7) is 2.76. The van der Waals surface area contributed by atoms with Crippen molar-refractivity contribution in [2.45, 2.75) is 19.9 Å². The van der Waals surface area contributed by atoms with E-state index in [0.717, 1.165) is 23.4 Å². The Hall–Kier alpha value is -1.97. The molecule has 0 fully saturated rings. The third kappa shape index (κ3) is 2.58. The molecule has 0 bridgehead atoms. The third-order valence-corrected chi connectivity index (χ3v) is 2.72. The zero-order valence-electron chi connectivity index (χ0n) is 10.2. The molecule has 1 aromatic heterocycles. The number of methoxy groups -OCH3 is 1. The molecule has 0 radical (unpaired) electrons. The Morgan fingerprint density at radius 3 is 2.53 bits per heavy atom. The van der Waals surface area contributed by atoms with E-state index in [1.54, 1.807) is 7.11 Å². The number of benzene rings is 1. The van der Waals surface area contributed by atoms with Crippen LogP contribution < -0.4 is 10.5 Å². The summed E-state index contributed by atoms with van der Waals surface area (Å²) >= 11 is 0. The topological polar surface area (TPSA) is 53.1 Å². The average molecular weight is 231 g/mol. The van der Waals surface area contributed by atoms with Gasteiger partial charge in [0.25, 0.3) is 0 Å². The summed E-state index contributed by atoms with van der Waals surface area (Å²) in [6, 6.07) is 9.84. The Morgan fingerprint density at radius 2 is 2.00 bits per heavy atom. The highest BCUT2D eigenvalue weighted by atomic mass is 16.5. The molecule has 0 atom stereocenters. The van der Waals surface area contributed by atoms with Gasteiger partial charge in [0.1, 0.15) is 11.6 Å². The predicted octanol–water partition coefficient (Wildman–Crippen LogP) is 2.08. The van der Waals surface area contributed by atoms with Crippen LogP contribution in [0.15, 0.2) is 30.3 Å². The van der Waals surface area contributed by atoms with E-state index in [9.17, 15) is 0 Å². The maximum atomic E-state index is 5.90. The summed E-state index contributed by atoms with van der Waals surface area (Å²) < 4.78 is 6.94. The summed E-state index contributed by atoms with van der Waals surface area (Å²) in [5, 5.41) is 4.43. The van der Waals surface area contributed by atoms with Crippen molar-refractivity contribution in [1.29, 1.82) is 0 Å². The van der Waals surface area contributed by atoms with Crippen LogP contribution in [0.5, 0.6) is 5.75 Å². The largest absolute Gasteiger partial charge is 0.497 e. The lowest BCUT2D eigenvalue weighted by atomic mass is 10.2. The van der Waals surface area contributed by atoms with E-state index in [1.165, 1.54) is 0 Å². The van der Waals surface area contributed by atoms with Gasteiger partial charge in [0.2, 0.25) is 0 Å². The number of hydrogen-bond donors (Lipinski definition) is 1. The number of nitrogens with two attached hydrogens (primary N) is 1. The molecule has 0 aliphatic heterocycles. The molecule has 4 heteroatoms. The number of hydrogen-bond acceptors (Lipinski definition) is 3. The van der Waals surface area contributed by atoms with Gasteiger partial charge in [0.15, 0.2) is 0 Å². The molecule has 0 aliphatic rings. The minimum atomic E-state index is 0.690. The van der Waals surface area contributed by atoms with Crippen molar-refractivity contribution < 1.29 is 4.74 Å². The van der Waals surface area contributed by atoms with Crippen molar-refractivity contribution >= 4 is 5.82 Å². The second-order valence-corrected chi connectivity index (χ2v) is 3.92. The lowest BCUT2D eigenvalue weighted by molar-refractivity contribution is 0.414. The van der Waals surface area contributed by atoms with Crippen molar-refractivity contribution in [3.8, 4) is 5.75 Å². The number of aryl methyl sites for hydroxylation is 1. The summed E-state index contributed by atoms with van der Waals surface area (Å²) in [4.78, 5) is 0. The quantitative estimate of drug-likeness (QED) is 0.876. The highest BCUT2D eigenvalue weighted by Crippen LogP contribution is 2.14. The Labute approximate surface area is 101 Å². The number of anilines is 1. The van der Waals surface area contributed by atoms with Gasteiger partial charge in [-0.3, -0.25) is 0 Å². The van der Waals surface area contributed by atoms with Gasteiger partial charge in [-0.15, -0.1) is 0 Å². The van der Waals surface area contributed by atoms with Gasteiger partial charge in [-0.05, 0) is 24.1 Å². The van der Waals surface area contributed by atoms with E-state index in [1.807, 2.05) is 35.0 Å². The number of nitrogens with zero attached hydrogens (tertiary/aromatic N) is 2. The first-order valence-electron chi connectivity index (χ1n) is 5.68. The molecule has 17 heavy (non-hydrogen) atoms. The fourth-order valence-corrected chi connectivity index (χ4v) is 1.69. The molecule has 0 spiro atoms. The molecule has 1 heterocycles. The highest BCUT2D eigenvalue weighted by molar-refractivity contribution is 5.33. The molecular weight excluding hydrogens is 214 g/mol. The summed E-state index contributed by atoms with van der Waals surface area (Å²) in [7, 11) is 1.66. The van der Waals surface area contributed by atoms with Crippen molar-refractivity contribution in [3.05, 3.63) is 41.6 Å². The summed E-state index contributed by atoms with van der Waals surface area (Å²) in [5.74, 6) is 1.56. The van der Waals surface area contributed by atoms with E-state index in [2.05, 4.69) is 12.0 Å². The van der Waals surface area contributed by atoms with Crippen LogP contribution in [-0.4, -0.2) is 16.9 Å². The molecule has 0 unspecified atom stereocenters. The Morgan fingerprint density at radius 1 is 1.29 bits per heavy atom. The van der Waals surface area contributed by atoms with Crippen LogP contribution in [0.4, 0.5) is 5.82 Å². The van der Waals surface area contributed by atoms with Crippen molar-refractivity contribution in [2.75, 3.05) is 12.8 Å². The van der Waals surface area contributed by atoms with E-state index in [4.69, 9.17) is 10.5 Å². The van der Waals surface area contributed by atoms with Gasteiger partial charge in [0.05, 0.1) is 19.3 Å². The van der Waals surface area contributed by atoms with Crippen LogP contribution in [0.2, 0.25) is 0 Å². The summed E-state index contributed by atoms with van der Waals surface area (Å²) in [6.07, 6.45) is 0.903. The molecule has 2 rings (SSSR count). The fraction of sp³-hybridized carbons (Fsp3) is 0.308. The van der Waals surface area contributed by atoms with E-state index in [-0.39, 0.29) is 0 Å². The van der Waals surface area contributed by atoms with Gasteiger partial charge in [-0.2, -0.15) is 5.10 Å². The van der Waals surface area contributed by atoms with E-state index < -0.39 is 0 Å². The van der Waals surface area contributed by atoms with Gasteiger partial charge in [0, 0.05) is 6.07 Å². The molecule has 2 N–H and O–H groups in total. The first kappa shape index (κ1) is 11.5. The normalized spacial score (nSPS) is 10.5. The van der Waals surface area contributed by atoms with Crippen molar-refractivity contribution in [1.82, 2.24) is 9.78 Å². The van der Waals surface area contributed by atoms with Gasteiger partial charge in [-0.1, -0.05) is 19.1 Å². The van der Waals surface area contributed by atoms with Crippen LogP contribution in [0.25, 0.3) is 0 Å². The SMILES string of the molecule is CCc1cc(N)n(Cc2ccc(OC)cc2)n1. The number of nitrogen functional groups attached to an aromatic ring is 1. The van der Waals surface area contributed by atoms with E-state index >= 15 is 0 Å². The van der Waals surface area contributed by atoms with E-state index in [0.29, 0.717) is 12.4 Å². The summed E-state index contributed by atoms with van der Waals surface area (Å²) in [5.41, 5.74) is 8.08. The highest BCUT2D eigenvalue weighted by Gasteiger charge is 2.04. The van der Waals surface area contributed by atoms with Crippen LogP contribution >= 0.6 is 0 Å². The van der Waals surface area contributed by atoms with Gasteiger partial charge < -0.3 is 10.5 Å². The maximum Gasteiger partial charge on any atom is 0.122 e. The smallest absolute Gasteiger partial charge is 0.122 e. The van der Waals surface area contributed by atoms with Crippen LogP contribution in [0, 0.1) is 0 Å². The second-order valence-electron chi connectivity index (χ2n) is 3.92. The van der Waals surface area contributed by atoms with Gasteiger partial charge >= 0.3 is 0 Å². The first-order valence-corrected chi connectivity index (χ1v) is 5.68. The Bertz CT molecular complexity index is 488. The lowest BCUT2D eigenvalue weighted by Crippen LogP contribution is -2.05. The number of aromatic nitrogens is 2. The molecule has 0 saturated heterocycles. The lowest BCUT2D eigenvalue weighted by Gasteiger charge is -2.05. The van der Waals surface area contributed by atoms with Gasteiger partial charge in [-0.25, -0.2) is 4.68 Å². The molecule has 1 aromatic carbocycles. The number of ether oxygens (including phenoxy) is 1. The van der Waals surface area contributed by atoms with Crippen LogP contribution in [0.1, 0.15) is 18.2 Å². The second kappa shape index (κ2) is 4.91. The average Bonchev–Trinajstić information content (AvgIpc) is 2.71. The maximum absolute atomic E-state index is 5.90. The van der Waals surface area contributed by atoms with Crippen LogP contribution in [0.3, 0.4) is 0 Å². The Kier molecular flexibility index (Phi) is 3.32. The zero-order chi connectivity index (χ0) is 12.3. The van der Waals surface area contributed by atoms with Crippen LogP contribution in [-0.2, 0) is 13.0 Å². The number of rotatable bonds is 4. The monoisotopic (exact) mass is 231 g/mol. The minimum Gasteiger partial charge on any atom is -0.497 e. The molecule has 0 aliphatic carbocycles. The minimum absolute atomic E-state index is 0.690. The predicted molar refractivity (Wildman–Crippen MR) is 68.1 cm³/mol. The standard InChI is InChI=1S/C13H17N3O/c1-3-11-8-13(14)16(15-11)9-10-4-6-12(17-2)7-5-10/h4-8H,3,9,14H2,1-2H3. The zero-order valence-corrected chi connectivity index (χ0v) is 10.2. The van der Waals surface area contributed by atoms with Crippen molar-refractivity contribution in [2.24, 2.45) is 0 Å². The fourth-order valence-electron chi connectivity index (χ4n) is 1.69. The molecule has 4 nitrogen and oxygen atoms in total. The molecule has 90 valence electrons. The molecular formula is C13H17N3O. The molecule has 0 saturated carbocycles. The molecule has 2 aromatic rings. The Balaban J connectivity index is 2.16.